The van der Waals surface area contributed by atoms with E-state index in [9.17, 15) is 4.39 Å². The second-order valence-electron chi connectivity index (χ2n) is 3.70. The summed E-state index contributed by atoms with van der Waals surface area (Å²) in [4.78, 5) is 7.90. The van der Waals surface area contributed by atoms with Crippen LogP contribution < -0.4 is 10.6 Å². The topological polar surface area (TPSA) is 67.7 Å². The normalized spacial score (nSPS) is 10.4. The Balaban J connectivity index is 2.20. The summed E-state index contributed by atoms with van der Waals surface area (Å²) in [7, 11) is 1.61. The Morgan fingerprint density at radius 2 is 2.28 bits per heavy atom. The van der Waals surface area contributed by atoms with Crippen LogP contribution in [0.25, 0.3) is 0 Å². The van der Waals surface area contributed by atoms with E-state index in [0.29, 0.717) is 5.95 Å². The molecule has 0 bridgehead atoms. The van der Waals surface area contributed by atoms with Gasteiger partial charge in [-0.15, -0.1) is 0 Å². The first-order valence-electron chi connectivity index (χ1n) is 5.73. The maximum absolute atomic E-state index is 13.2. The zero-order chi connectivity index (χ0) is 13.0. The van der Waals surface area contributed by atoms with E-state index in [1.807, 2.05) is 10.7 Å². The first kappa shape index (κ1) is 12.3. The summed E-state index contributed by atoms with van der Waals surface area (Å²) >= 11 is 0. The Kier molecular flexibility index (Phi) is 3.71. The molecule has 2 aromatic rings. The summed E-state index contributed by atoms with van der Waals surface area (Å²) < 4.78 is 15.0. The molecule has 2 N–H and O–H groups in total. The van der Waals surface area contributed by atoms with Crippen molar-refractivity contribution in [2.45, 2.75) is 19.9 Å². The maximum Gasteiger partial charge on any atom is 0.230 e. The predicted octanol–water partition coefficient (Wildman–Crippen LogP) is 2.01. The third-order valence-electron chi connectivity index (χ3n) is 2.37. The van der Waals surface area contributed by atoms with Crippen molar-refractivity contribution in [3.05, 3.63) is 24.3 Å². The number of aromatic nitrogens is 4. The van der Waals surface area contributed by atoms with Crippen LogP contribution in [0.5, 0.6) is 0 Å². The van der Waals surface area contributed by atoms with Crippen molar-refractivity contribution in [3.63, 3.8) is 0 Å². The van der Waals surface area contributed by atoms with Crippen LogP contribution in [0, 0.1) is 5.82 Å². The summed E-state index contributed by atoms with van der Waals surface area (Å²) in [6, 6.07) is 1.82. The Morgan fingerprint density at radius 1 is 1.44 bits per heavy atom. The lowest BCUT2D eigenvalue weighted by atomic mass is 10.5. The average molecular weight is 250 g/mol. The SMILES string of the molecule is CCCn1nccc1Nc1ncc(F)c(NC)n1. The highest BCUT2D eigenvalue weighted by Crippen LogP contribution is 2.16. The lowest BCUT2D eigenvalue weighted by molar-refractivity contribution is 0.608. The lowest BCUT2D eigenvalue weighted by Crippen LogP contribution is -2.07. The van der Waals surface area contributed by atoms with Gasteiger partial charge in [-0.25, -0.2) is 14.1 Å². The van der Waals surface area contributed by atoms with Gasteiger partial charge in [0.15, 0.2) is 11.6 Å². The Morgan fingerprint density at radius 3 is 3.00 bits per heavy atom. The first-order valence-corrected chi connectivity index (χ1v) is 5.73. The fourth-order valence-electron chi connectivity index (χ4n) is 1.55. The molecule has 0 aliphatic rings. The number of rotatable bonds is 5. The molecular formula is C11H15FN6. The summed E-state index contributed by atoms with van der Waals surface area (Å²) in [6.07, 6.45) is 3.80. The van der Waals surface area contributed by atoms with E-state index in [1.165, 1.54) is 0 Å². The molecule has 0 aliphatic heterocycles. The Hall–Kier alpha value is -2.18. The van der Waals surface area contributed by atoms with E-state index in [2.05, 4.69) is 32.6 Å². The van der Waals surface area contributed by atoms with Crippen LogP contribution in [-0.4, -0.2) is 26.8 Å². The van der Waals surface area contributed by atoms with Gasteiger partial charge < -0.3 is 10.6 Å². The molecule has 0 fully saturated rings. The molecule has 96 valence electrons. The van der Waals surface area contributed by atoms with Crippen LogP contribution in [-0.2, 0) is 6.54 Å². The van der Waals surface area contributed by atoms with Gasteiger partial charge in [-0.2, -0.15) is 10.1 Å². The van der Waals surface area contributed by atoms with Crippen LogP contribution in [0.1, 0.15) is 13.3 Å². The van der Waals surface area contributed by atoms with Crippen molar-refractivity contribution in [2.75, 3.05) is 17.7 Å². The minimum absolute atomic E-state index is 0.161. The summed E-state index contributed by atoms with van der Waals surface area (Å²) in [5.74, 6) is 0.795. The highest BCUT2D eigenvalue weighted by Gasteiger charge is 2.07. The van der Waals surface area contributed by atoms with Crippen molar-refractivity contribution in [1.29, 1.82) is 0 Å². The quantitative estimate of drug-likeness (QED) is 0.849. The Labute approximate surface area is 104 Å². The maximum atomic E-state index is 13.2. The zero-order valence-electron chi connectivity index (χ0n) is 10.3. The predicted molar refractivity (Wildman–Crippen MR) is 67.3 cm³/mol. The first-order chi connectivity index (χ1) is 8.74. The minimum atomic E-state index is -0.481. The fraction of sp³-hybridized carbons (Fsp3) is 0.364. The van der Waals surface area contributed by atoms with Gasteiger partial charge >= 0.3 is 0 Å². The summed E-state index contributed by atoms with van der Waals surface area (Å²) in [5.41, 5.74) is 0. The van der Waals surface area contributed by atoms with E-state index < -0.39 is 5.82 Å². The molecule has 0 amide bonds. The largest absolute Gasteiger partial charge is 0.371 e. The van der Waals surface area contributed by atoms with E-state index in [-0.39, 0.29) is 5.82 Å². The molecule has 0 aliphatic carbocycles. The monoisotopic (exact) mass is 250 g/mol. The fourth-order valence-corrected chi connectivity index (χ4v) is 1.55. The smallest absolute Gasteiger partial charge is 0.230 e. The van der Waals surface area contributed by atoms with Gasteiger partial charge in [0.25, 0.3) is 0 Å². The Bertz CT molecular complexity index is 524. The standard InChI is InChI=1S/C11H15FN6/c1-3-6-18-9(4-5-15-18)16-11-14-7-8(12)10(13-2)17-11/h4-5,7H,3,6H2,1-2H3,(H2,13,14,16,17). The highest BCUT2D eigenvalue weighted by molar-refractivity contribution is 5.50. The third-order valence-corrected chi connectivity index (χ3v) is 2.37. The zero-order valence-corrected chi connectivity index (χ0v) is 10.3. The number of hydrogen-bond acceptors (Lipinski definition) is 5. The summed E-state index contributed by atoms with van der Waals surface area (Å²) in [6.45, 7) is 2.87. The average Bonchev–Trinajstić information content (AvgIpc) is 2.80. The van der Waals surface area contributed by atoms with Gasteiger partial charge in [0, 0.05) is 19.7 Å². The molecule has 0 atom stereocenters. The van der Waals surface area contributed by atoms with Crippen molar-refractivity contribution < 1.29 is 4.39 Å². The van der Waals surface area contributed by atoms with Gasteiger partial charge in [0.05, 0.1) is 12.4 Å². The molecule has 0 saturated heterocycles. The van der Waals surface area contributed by atoms with Gasteiger partial charge in [0.1, 0.15) is 5.82 Å². The van der Waals surface area contributed by atoms with Crippen molar-refractivity contribution in [1.82, 2.24) is 19.7 Å². The molecule has 18 heavy (non-hydrogen) atoms. The molecule has 2 heterocycles. The van der Waals surface area contributed by atoms with Gasteiger partial charge in [-0.3, -0.25) is 0 Å². The molecule has 0 radical (unpaired) electrons. The van der Waals surface area contributed by atoms with Crippen LogP contribution in [0.4, 0.5) is 22.0 Å². The van der Waals surface area contributed by atoms with Crippen LogP contribution >= 0.6 is 0 Å². The lowest BCUT2D eigenvalue weighted by Gasteiger charge is -2.08. The number of nitrogens with one attached hydrogen (secondary N) is 2. The highest BCUT2D eigenvalue weighted by atomic mass is 19.1. The summed E-state index contributed by atoms with van der Waals surface area (Å²) in [5, 5.41) is 9.85. The molecule has 7 heteroatoms. The van der Waals surface area contributed by atoms with Crippen molar-refractivity contribution >= 4 is 17.6 Å². The van der Waals surface area contributed by atoms with E-state index >= 15 is 0 Å². The third kappa shape index (κ3) is 2.55. The van der Waals surface area contributed by atoms with E-state index in [4.69, 9.17) is 0 Å². The second kappa shape index (κ2) is 5.44. The van der Waals surface area contributed by atoms with Crippen LogP contribution in [0.2, 0.25) is 0 Å². The van der Waals surface area contributed by atoms with Gasteiger partial charge in [-0.05, 0) is 6.42 Å². The van der Waals surface area contributed by atoms with Gasteiger partial charge in [-0.1, -0.05) is 6.92 Å². The van der Waals surface area contributed by atoms with Crippen molar-refractivity contribution in [2.24, 2.45) is 0 Å². The number of aryl methyl sites for hydroxylation is 1. The second-order valence-corrected chi connectivity index (χ2v) is 3.70. The minimum Gasteiger partial charge on any atom is -0.371 e. The molecule has 0 aromatic carbocycles. The van der Waals surface area contributed by atoms with Crippen LogP contribution in [0.3, 0.4) is 0 Å². The molecule has 2 aromatic heterocycles. The van der Waals surface area contributed by atoms with Crippen LogP contribution in [0.15, 0.2) is 18.5 Å². The number of nitrogens with zero attached hydrogens (tertiary/aromatic N) is 4. The number of halogens is 1. The molecule has 0 saturated carbocycles. The molecule has 6 nitrogen and oxygen atoms in total. The number of anilines is 3. The number of hydrogen-bond donors (Lipinski definition) is 2. The van der Waals surface area contributed by atoms with Crippen molar-refractivity contribution in [3.8, 4) is 0 Å². The molecule has 0 spiro atoms. The molecular weight excluding hydrogens is 235 g/mol. The van der Waals surface area contributed by atoms with E-state index in [0.717, 1.165) is 25.0 Å². The molecule has 0 unspecified atom stereocenters. The van der Waals surface area contributed by atoms with E-state index in [1.54, 1.807) is 13.2 Å². The van der Waals surface area contributed by atoms with Gasteiger partial charge in [0.2, 0.25) is 5.95 Å². The molecule has 2 rings (SSSR count).